The highest BCUT2D eigenvalue weighted by Gasteiger charge is 2.26. The smallest absolute Gasteiger partial charge is 0.322 e. The average Bonchev–Trinajstić information content (AvgIpc) is 2.53. The second-order valence-electron chi connectivity index (χ2n) is 5.13. The van der Waals surface area contributed by atoms with E-state index in [2.05, 4.69) is 5.32 Å². The fraction of sp³-hybridized carbons (Fsp3) is 0.176. The molecule has 2 amide bonds. The van der Waals surface area contributed by atoms with Crippen LogP contribution in [0.5, 0.6) is 0 Å². The number of ketones is 1. The van der Waals surface area contributed by atoms with Crippen molar-refractivity contribution in [3.8, 4) is 0 Å². The van der Waals surface area contributed by atoms with E-state index in [9.17, 15) is 9.59 Å². The van der Waals surface area contributed by atoms with Gasteiger partial charge in [0.1, 0.15) is 0 Å². The molecule has 0 fully saturated rings. The number of amides is 2. The third kappa shape index (κ3) is 2.97. The van der Waals surface area contributed by atoms with E-state index in [0.717, 1.165) is 5.56 Å². The molecule has 22 heavy (non-hydrogen) atoms. The SMILES string of the molecule is O=C1CCN(C(=O)NCc2cccc(Cl)c2)c2ccccc21. The maximum atomic E-state index is 12.4. The number of hydrogen-bond donors (Lipinski definition) is 1. The van der Waals surface area contributed by atoms with Crippen LogP contribution in [0.4, 0.5) is 10.5 Å². The fourth-order valence-corrected chi connectivity index (χ4v) is 2.76. The lowest BCUT2D eigenvalue weighted by molar-refractivity contribution is 0.0981. The first kappa shape index (κ1) is 14.6. The molecular formula is C17H15ClN2O2. The maximum absolute atomic E-state index is 12.4. The summed E-state index contributed by atoms with van der Waals surface area (Å²) in [5.74, 6) is 0.0782. The molecule has 1 N–H and O–H groups in total. The summed E-state index contributed by atoms with van der Waals surface area (Å²) in [4.78, 5) is 25.9. The minimum Gasteiger partial charge on any atom is -0.334 e. The van der Waals surface area contributed by atoms with E-state index in [1.54, 1.807) is 23.1 Å². The van der Waals surface area contributed by atoms with Crippen LogP contribution >= 0.6 is 11.6 Å². The molecule has 4 nitrogen and oxygen atoms in total. The Morgan fingerprint density at radius 2 is 2.00 bits per heavy atom. The number of Topliss-reactive ketones (excluding diaryl/α,β-unsaturated/α-hetero) is 1. The van der Waals surface area contributed by atoms with Gasteiger partial charge in [-0.25, -0.2) is 4.79 Å². The third-order valence-electron chi connectivity index (χ3n) is 3.64. The van der Waals surface area contributed by atoms with Gasteiger partial charge in [0.25, 0.3) is 0 Å². The quantitative estimate of drug-likeness (QED) is 0.920. The van der Waals surface area contributed by atoms with Gasteiger partial charge in [0.2, 0.25) is 0 Å². The molecule has 1 aliphatic rings. The molecule has 1 heterocycles. The molecule has 0 spiro atoms. The number of nitrogens with zero attached hydrogens (tertiary/aromatic N) is 1. The van der Waals surface area contributed by atoms with Crippen LogP contribution in [0.3, 0.4) is 0 Å². The second kappa shape index (κ2) is 6.20. The normalized spacial score (nSPS) is 13.7. The summed E-state index contributed by atoms with van der Waals surface area (Å²) in [7, 11) is 0. The van der Waals surface area contributed by atoms with Gasteiger partial charge < -0.3 is 5.32 Å². The Bertz CT molecular complexity index is 730. The fourth-order valence-electron chi connectivity index (χ4n) is 2.54. The molecule has 0 unspecified atom stereocenters. The van der Waals surface area contributed by atoms with Crippen molar-refractivity contribution in [2.75, 3.05) is 11.4 Å². The van der Waals surface area contributed by atoms with Gasteiger partial charge in [-0.3, -0.25) is 9.69 Å². The van der Waals surface area contributed by atoms with Crippen molar-refractivity contribution in [1.29, 1.82) is 0 Å². The Morgan fingerprint density at radius 3 is 2.82 bits per heavy atom. The van der Waals surface area contributed by atoms with Gasteiger partial charge in [-0.15, -0.1) is 0 Å². The van der Waals surface area contributed by atoms with E-state index in [-0.39, 0.29) is 11.8 Å². The molecule has 0 saturated heterocycles. The molecular weight excluding hydrogens is 300 g/mol. The zero-order chi connectivity index (χ0) is 15.5. The first-order valence-electron chi connectivity index (χ1n) is 7.07. The van der Waals surface area contributed by atoms with Gasteiger partial charge in [0.15, 0.2) is 5.78 Å². The minimum absolute atomic E-state index is 0.0782. The molecule has 0 aliphatic carbocycles. The Hall–Kier alpha value is -2.33. The minimum atomic E-state index is -0.208. The van der Waals surface area contributed by atoms with Gasteiger partial charge in [0.05, 0.1) is 5.69 Å². The van der Waals surface area contributed by atoms with Crippen LogP contribution in [-0.4, -0.2) is 18.4 Å². The summed E-state index contributed by atoms with van der Waals surface area (Å²) in [6, 6.07) is 14.3. The Morgan fingerprint density at radius 1 is 1.18 bits per heavy atom. The number of benzene rings is 2. The molecule has 0 aromatic heterocycles. The molecule has 0 bridgehead atoms. The molecule has 5 heteroatoms. The van der Waals surface area contributed by atoms with Crippen LogP contribution in [-0.2, 0) is 6.54 Å². The first-order valence-corrected chi connectivity index (χ1v) is 7.45. The van der Waals surface area contributed by atoms with Crippen LogP contribution < -0.4 is 10.2 Å². The number of anilines is 1. The third-order valence-corrected chi connectivity index (χ3v) is 3.87. The van der Waals surface area contributed by atoms with E-state index in [4.69, 9.17) is 11.6 Å². The topological polar surface area (TPSA) is 49.4 Å². The van der Waals surface area contributed by atoms with Crippen molar-refractivity contribution >= 4 is 29.1 Å². The van der Waals surface area contributed by atoms with Crippen LogP contribution in [0.1, 0.15) is 22.3 Å². The summed E-state index contributed by atoms with van der Waals surface area (Å²) in [6.45, 7) is 0.795. The summed E-state index contributed by atoms with van der Waals surface area (Å²) in [5.41, 5.74) is 2.20. The van der Waals surface area contributed by atoms with Crippen LogP contribution in [0, 0.1) is 0 Å². The number of fused-ring (bicyclic) bond motifs is 1. The predicted molar refractivity (Wildman–Crippen MR) is 86.4 cm³/mol. The molecule has 0 radical (unpaired) electrons. The lowest BCUT2D eigenvalue weighted by atomic mass is 10.0. The van der Waals surface area contributed by atoms with Crippen molar-refractivity contribution < 1.29 is 9.59 Å². The van der Waals surface area contributed by atoms with Gasteiger partial charge >= 0.3 is 6.03 Å². The molecule has 2 aromatic rings. The zero-order valence-electron chi connectivity index (χ0n) is 11.9. The number of hydrogen-bond acceptors (Lipinski definition) is 2. The molecule has 3 rings (SSSR count). The van der Waals surface area contributed by atoms with E-state index < -0.39 is 0 Å². The highest BCUT2D eigenvalue weighted by Crippen LogP contribution is 2.26. The number of urea groups is 1. The number of para-hydroxylation sites is 1. The highest BCUT2D eigenvalue weighted by molar-refractivity contribution is 6.30. The van der Waals surface area contributed by atoms with Crippen LogP contribution in [0.2, 0.25) is 5.02 Å². The molecule has 2 aromatic carbocycles. The van der Waals surface area contributed by atoms with E-state index in [0.29, 0.717) is 35.8 Å². The largest absolute Gasteiger partial charge is 0.334 e. The van der Waals surface area contributed by atoms with Crippen LogP contribution in [0.25, 0.3) is 0 Å². The number of carbonyl (C=O) groups excluding carboxylic acids is 2. The number of halogens is 1. The van der Waals surface area contributed by atoms with Crippen molar-refractivity contribution in [2.24, 2.45) is 0 Å². The van der Waals surface area contributed by atoms with E-state index in [1.807, 2.05) is 30.3 Å². The lowest BCUT2D eigenvalue weighted by Crippen LogP contribution is -2.43. The molecule has 0 atom stereocenters. The predicted octanol–water partition coefficient (Wildman–Crippen LogP) is 3.64. The van der Waals surface area contributed by atoms with Crippen molar-refractivity contribution in [3.05, 3.63) is 64.7 Å². The van der Waals surface area contributed by atoms with Crippen molar-refractivity contribution in [2.45, 2.75) is 13.0 Å². The monoisotopic (exact) mass is 314 g/mol. The first-order chi connectivity index (χ1) is 10.6. The Kier molecular flexibility index (Phi) is 4.11. The number of carbonyl (C=O) groups is 2. The Labute approximate surface area is 133 Å². The van der Waals surface area contributed by atoms with Gasteiger partial charge in [-0.2, -0.15) is 0 Å². The van der Waals surface area contributed by atoms with Crippen molar-refractivity contribution in [1.82, 2.24) is 5.32 Å². The summed E-state index contributed by atoms with van der Waals surface area (Å²) in [6.07, 6.45) is 0.349. The second-order valence-corrected chi connectivity index (χ2v) is 5.57. The highest BCUT2D eigenvalue weighted by atomic mass is 35.5. The lowest BCUT2D eigenvalue weighted by Gasteiger charge is -2.28. The molecule has 112 valence electrons. The number of nitrogens with one attached hydrogen (secondary N) is 1. The summed E-state index contributed by atoms with van der Waals surface area (Å²) >= 11 is 5.93. The van der Waals surface area contributed by atoms with E-state index >= 15 is 0 Å². The maximum Gasteiger partial charge on any atom is 0.322 e. The van der Waals surface area contributed by atoms with Crippen LogP contribution in [0.15, 0.2) is 48.5 Å². The molecule has 1 aliphatic heterocycles. The van der Waals surface area contributed by atoms with Gasteiger partial charge in [0, 0.05) is 30.1 Å². The Balaban J connectivity index is 1.73. The molecule has 0 saturated carbocycles. The summed E-state index contributed by atoms with van der Waals surface area (Å²) in [5, 5.41) is 3.51. The summed E-state index contributed by atoms with van der Waals surface area (Å²) < 4.78 is 0. The van der Waals surface area contributed by atoms with Crippen molar-refractivity contribution in [3.63, 3.8) is 0 Å². The standard InChI is InChI=1S/C17H15ClN2O2/c18-13-5-3-4-12(10-13)11-19-17(22)20-9-8-16(21)14-6-1-2-7-15(14)20/h1-7,10H,8-9,11H2,(H,19,22). The average molecular weight is 315 g/mol. The zero-order valence-corrected chi connectivity index (χ0v) is 12.6. The van der Waals surface area contributed by atoms with E-state index in [1.165, 1.54) is 0 Å². The van der Waals surface area contributed by atoms with Gasteiger partial charge in [-0.1, -0.05) is 35.9 Å². The number of rotatable bonds is 2. The van der Waals surface area contributed by atoms with Gasteiger partial charge in [-0.05, 0) is 29.8 Å².